The summed E-state index contributed by atoms with van der Waals surface area (Å²) in [5.74, 6) is -0.198. The van der Waals surface area contributed by atoms with Crippen molar-refractivity contribution in [3.63, 3.8) is 0 Å². The third-order valence-corrected chi connectivity index (χ3v) is 4.58. The molecule has 0 aliphatic heterocycles. The zero-order chi connectivity index (χ0) is 18.7. The molecule has 2 N–H and O–H groups in total. The van der Waals surface area contributed by atoms with Gasteiger partial charge < -0.3 is 15.2 Å². The highest BCUT2D eigenvalue weighted by Gasteiger charge is 2.20. The predicted molar refractivity (Wildman–Crippen MR) is 102 cm³/mol. The van der Waals surface area contributed by atoms with Crippen molar-refractivity contribution in [2.24, 2.45) is 0 Å². The SMILES string of the molecule is CNC(=O)C[C@@H](C)N(C)C(=O)c1cccc(-c2cnc3[nH]ccc3c2)c1. The second kappa shape index (κ2) is 7.39. The molecule has 0 fully saturated rings. The first-order valence-corrected chi connectivity index (χ1v) is 8.51. The van der Waals surface area contributed by atoms with Crippen LogP contribution in [0.2, 0.25) is 0 Å². The summed E-state index contributed by atoms with van der Waals surface area (Å²) in [6.07, 6.45) is 3.91. The fraction of sp³-hybridized carbons (Fsp3) is 0.250. The minimum Gasteiger partial charge on any atom is -0.359 e. The lowest BCUT2D eigenvalue weighted by Crippen LogP contribution is -2.38. The highest BCUT2D eigenvalue weighted by molar-refractivity contribution is 5.96. The van der Waals surface area contributed by atoms with E-state index in [0.717, 1.165) is 22.2 Å². The quantitative estimate of drug-likeness (QED) is 0.743. The standard InChI is InChI=1S/C20H22N4O2/c1-13(9-18(25)21-2)24(3)20(26)16-6-4-5-14(10-16)17-11-15-7-8-22-19(15)23-12-17/h4-8,10-13H,9H2,1-3H3,(H,21,25)(H,22,23)/t13-/m1/s1. The number of carbonyl (C=O) groups excluding carboxylic acids is 2. The van der Waals surface area contributed by atoms with Crippen LogP contribution in [0.15, 0.2) is 48.8 Å². The minimum atomic E-state index is -0.191. The van der Waals surface area contributed by atoms with Crippen molar-refractivity contribution in [1.29, 1.82) is 0 Å². The van der Waals surface area contributed by atoms with E-state index in [4.69, 9.17) is 0 Å². The smallest absolute Gasteiger partial charge is 0.253 e. The van der Waals surface area contributed by atoms with Gasteiger partial charge in [0.2, 0.25) is 5.91 Å². The Hall–Kier alpha value is -3.15. The molecule has 2 amide bonds. The van der Waals surface area contributed by atoms with Gasteiger partial charge in [0.1, 0.15) is 5.65 Å². The van der Waals surface area contributed by atoms with Crippen LogP contribution in [0.5, 0.6) is 0 Å². The molecule has 0 saturated carbocycles. The van der Waals surface area contributed by atoms with E-state index < -0.39 is 0 Å². The Kier molecular flexibility index (Phi) is 5.02. The Bertz CT molecular complexity index is 948. The van der Waals surface area contributed by atoms with Gasteiger partial charge in [-0.25, -0.2) is 4.98 Å². The fourth-order valence-corrected chi connectivity index (χ4v) is 2.84. The predicted octanol–water partition coefficient (Wildman–Crippen LogP) is 2.83. The van der Waals surface area contributed by atoms with Crippen LogP contribution in [0.3, 0.4) is 0 Å². The van der Waals surface area contributed by atoms with Gasteiger partial charge in [-0.1, -0.05) is 12.1 Å². The summed E-state index contributed by atoms with van der Waals surface area (Å²) < 4.78 is 0. The number of amides is 2. The Labute approximate surface area is 152 Å². The van der Waals surface area contributed by atoms with Crippen molar-refractivity contribution in [2.75, 3.05) is 14.1 Å². The van der Waals surface area contributed by atoms with Crippen LogP contribution in [0, 0.1) is 0 Å². The van der Waals surface area contributed by atoms with Gasteiger partial charge >= 0.3 is 0 Å². The van der Waals surface area contributed by atoms with E-state index >= 15 is 0 Å². The van der Waals surface area contributed by atoms with Gasteiger partial charge in [0.15, 0.2) is 0 Å². The first kappa shape index (κ1) is 17.7. The normalized spacial score (nSPS) is 12.0. The number of rotatable bonds is 5. The highest BCUT2D eigenvalue weighted by Crippen LogP contribution is 2.24. The molecule has 0 aliphatic carbocycles. The van der Waals surface area contributed by atoms with E-state index in [9.17, 15) is 9.59 Å². The van der Waals surface area contributed by atoms with E-state index in [-0.39, 0.29) is 24.3 Å². The maximum Gasteiger partial charge on any atom is 0.253 e. The Balaban J connectivity index is 1.84. The maximum absolute atomic E-state index is 12.8. The zero-order valence-electron chi connectivity index (χ0n) is 15.1. The number of H-pyrrole nitrogens is 1. The average molecular weight is 350 g/mol. The number of benzene rings is 1. The molecular formula is C20H22N4O2. The highest BCUT2D eigenvalue weighted by atomic mass is 16.2. The zero-order valence-corrected chi connectivity index (χ0v) is 15.1. The number of nitrogens with one attached hydrogen (secondary N) is 2. The first-order chi connectivity index (χ1) is 12.5. The number of hydrogen-bond acceptors (Lipinski definition) is 3. The van der Waals surface area contributed by atoms with Crippen molar-refractivity contribution in [2.45, 2.75) is 19.4 Å². The van der Waals surface area contributed by atoms with Gasteiger partial charge in [0.05, 0.1) is 0 Å². The molecule has 6 heteroatoms. The molecule has 3 aromatic rings. The molecule has 3 rings (SSSR count). The number of pyridine rings is 1. The molecule has 0 saturated heterocycles. The molecule has 2 aromatic heterocycles. The van der Waals surface area contributed by atoms with Gasteiger partial charge in [-0.2, -0.15) is 0 Å². The van der Waals surface area contributed by atoms with Crippen molar-refractivity contribution in [3.8, 4) is 11.1 Å². The topological polar surface area (TPSA) is 78.1 Å². The summed E-state index contributed by atoms with van der Waals surface area (Å²) in [4.78, 5) is 33.4. The Morgan fingerprint density at radius 1 is 1.23 bits per heavy atom. The molecular weight excluding hydrogens is 328 g/mol. The lowest BCUT2D eigenvalue weighted by Gasteiger charge is -2.24. The lowest BCUT2D eigenvalue weighted by molar-refractivity contribution is -0.121. The fourth-order valence-electron chi connectivity index (χ4n) is 2.84. The summed E-state index contributed by atoms with van der Waals surface area (Å²) in [5, 5.41) is 3.61. The third-order valence-electron chi connectivity index (χ3n) is 4.58. The summed E-state index contributed by atoms with van der Waals surface area (Å²) in [5.41, 5.74) is 3.30. The van der Waals surface area contributed by atoms with Crippen LogP contribution < -0.4 is 5.32 Å². The summed E-state index contributed by atoms with van der Waals surface area (Å²) in [6, 6.07) is 11.3. The van der Waals surface area contributed by atoms with Crippen LogP contribution in [0.25, 0.3) is 22.2 Å². The molecule has 6 nitrogen and oxygen atoms in total. The van der Waals surface area contributed by atoms with Crippen LogP contribution >= 0.6 is 0 Å². The number of carbonyl (C=O) groups is 2. The number of hydrogen-bond donors (Lipinski definition) is 2. The van der Waals surface area contributed by atoms with E-state index in [1.807, 2.05) is 43.5 Å². The van der Waals surface area contributed by atoms with E-state index in [2.05, 4.69) is 15.3 Å². The van der Waals surface area contributed by atoms with Gasteiger partial charge in [-0.3, -0.25) is 9.59 Å². The van der Waals surface area contributed by atoms with Crippen molar-refractivity contribution in [1.82, 2.24) is 20.2 Å². The number of fused-ring (bicyclic) bond motifs is 1. The van der Waals surface area contributed by atoms with Gasteiger partial charge in [0.25, 0.3) is 5.91 Å². The van der Waals surface area contributed by atoms with Crippen LogP contribution in [-0.4, -0.2) is 46.8 Å². The monoisotopic (exact) mass is 350 g/mol. The Morgan fingerprint density at radius 2 is 2.04 bits per heavy atom. The molecule has 0 aliphatic rings. The van der Waals surface area contributed by atoms with Gasteiger partial charge in [-0.15, -0.1) is 0 Å². The van der Waals surface area contributed by atoms with Crippen molar-refractivity contribution < 1.29 is 9.59 Å². The number of nitrogens with zero attached hydrogens (tertiary/aromatic N) is 2. The maximum atomic E-state index is 12.8. The third kappa shape index (κ3) is 3.59. The second-order valence-corrected chi connectivity index (χ2v) is 6.36. The van der Waals surface area contributed by atoms with E-state index in [1.165, 1.54) is 0 Å². The molecule has 0 unspecified atom stereocenters. The number of aromatic amines is 1. The molecule has 1 atom stereocenters. The minimum absolute atomic E-state index is 0.0863. The number of aromatic nitrogens is 2. The molecule has 0 radical (unpaired) electrons. The second-order valence-electron chi connectivity index (χ2n) is 6.36. The molecule has 1 aromatic carbocycles. The molecule has 134 valence electrons. The lowest BCUT2D eigenvalue weighted by atomic mass is 10.0. The summed E-state index contributed by atoms with van der Waals surface area (Å²) >= 11 is 0. The van der Waals surface area contributed by atoms with Crippen molar-refractivity contribution >= 4 is 22.8 Å². The van der Waals surface area contributed by atoms with E-state index in [0.29, 0.717) is 5.56 Å². The van der Waals surface area contributed by atoms with Gasteiger partial charge in [0, 0.05) is 55.5 Å². The summed E-state index contributed by atoms with van der Waals surface area (Å²) in [7, 11) is 3.31. The molecule has 0 spiro atoms. The van der Waals surface area contributed by atoms with Crippen molar-refractivity contribution in [3.05, 3.63) is 54.4 Å². The molecule has 26 heavy (non-hydrogen) atoms. The average Bonchev–Trinajstić information content (AvgIpc) is 3.14. The van der Waals surface area contributed by atoms with Gasteiger partial charge in [-0.05, 0) is 36.8 Å². The Morgan fingerprint density at radius 3 is 2.81 bits per heavy atom. The van der Waals surface area contributed by atoms with Crippen LogP contribution in [-0.2, 0) is 4.79 Å². The molecule has 2 heterocycles. The first-order valence-electron chi connectivity index (χ1n) is 8.51. The summed E-state index contributed by atoms with van der Waals surface area (Å²) in [6.45, 7) is 1.86. The molecule has 0 bridgehead atoms. The van der Waals surface area contributed by atoms with Crippen LogP contribution in [0.1, 0.15) is 23.7 Å². The van der Waals surface area contributed by atoms with E-state index in [1.54, 1.807) is 31.3 Å². The largest absolute Gasteiger partial charge is 0.359 e. The van der Waals surface area contributed by atoms with Crippen LogP contribution in [0.4, 0.5) is 0 Å².